The van der Waals surface area contributed by atoms with Crippen LogP contribution in [0.1, 0.15) is 13.8 Å². The first-order chi connectivity index (χ1) is 13.0. The van der Waals surface area contributed by atoms with Crippen molar-refractivity contribution in [2.45, 2.75) is 19.4 Å². The lowest BCUT2D eigenvalue weighted by Crippen LogP contribution is -2.40. The van der Waals surface area contributed by atoms with Crippen molar-refractivity contribution in [3.63, 3.8) is 0 Å². The van der Waals surface area contributed by atoms with Crippen molar-refractivity contribution < 1.29 is 14.3 Å². The van der Waals surface area contributed by atoms with Crippen molar-refractivity contribution in [1.29, 1.82) is 0 Å². The molecule has 0 aliphatic carbocycles. The maximum Gasteiger partial charge on any atom is 0.252 e. The number of methoxy groups -OCH3 is 2. The fourth-order valence-corrected chi connectivity index (χ4v) is 2.60. The topological polar surface area (TPSA) is 78.3 Å². The summed E-state index contributed by atoms with van der Waals surface area (Å²) in [4.78, 5) is 16.8. The Hall–Kier alpha value is -3.35. The molecule has 0 aliphatic rings. The average molecular weight is 366 g/mol. The van der Waals surface area contributed by atoms with Gasteiger partial charge in [0, 0.05) is 18.0 Å². The Morgan fingerprint density at radius 2 is 1.85 bits per heavy atom. The smallest absolute Gasteiger partial charge is 0.252 e. The monoisotopic (exact) mass is 366 g/mol. The van der Waals surface area contributed by atoms with Gasteiger partial charge in [-0.2, -0.15) is 5.10 Å². The Bertz CT molecular complexity index is 935. The third-order valence-corrected chi connectivity index (χ3v) is 4.33. The highest BCUT2D eigenvalue weighted by Gasteiger charge is 2.31. The van der Waals surface area contributed by atoms with Gasteiger partial charge in [-0.05, 0) is 43.7 Å². The number of nitrogens with one attached hydrogen (secondary N) is 1. The molecule has 1 N–H and O–H groups in total. The minimum Gasteiger partial charge on any atom is -0.493 e. The van der Waals surface area contributed by atoms with Gasteiger partial charge in [-0.25, -0.2) is 4.98 Å². The van der Waals surface area contributed by atoms with Crippen LogP contribution in [0.25, 0.3) is 11.1 Å². The van der Waals surface area contributed by atoms with Gasteiger partial charge in [-0.1, -0.05) is 12.1 Å². The largest absolute Gasteiger partial charge is 0.493 e. The first-order valence-electron chi connectivity index (χ1n) is 8.45. The molecule has 3 aromatic rings. The molecule has 0 unspecified atom stereocenters. The van der Waals surface area contributed by atoms with Crippen LogP contribution in [0, 0.1) is 0 Å². The molecule has 27 heavy (non-hydrogen) atoms. The summed E-state index contributed by atoms with van der Waals surface area (Å²) in [7, 11) is 3.19. The molecule has 7 nitrogen and oxygen atoms in total. The van der Waals surface area contributed by atoms with E-state index >= 15 is 0 Å². The Labute approximate surface area is 158 Å². The second-order valence-corrected chi connectivity index (χ2v) is 6.47. The van der Waals surface area contributed by atoms with Crippen molar-refractivity contribution in [1.82, 2.24) is 14.8 Å². The summed E-state index contributed by atoms with van der Waals surface area (Å²) in [5.74, 6) is 1.59. The van der Waals surface area contributed by atoms with Gasteiger partial charge in [0.2, 0.25) is 0 Å². The van der Waals surface area contributed by atoms with Crippen LogP contribution >= 0.6 is 0 Å². The summed E-state index contributed by atoms with van der Waals surface area (Å²) in [5.41, 5.74) is 0.890. The van der Waals surface area contributed by atoms with E-state index in [-0.39, 0.29) is 5.91 Å². The standard InChI is InChI=1S/C20H22N4O3/c1-20(2,19(25)23-18-7-5-6-10-21-18)24-13-15(12-22-24)14-8-9-16(26-3)17(11-14)27-4/h5-13H,1-4H3,(H,21,23,25). The quantitative estimate of drug-likeness (QED) is 0.724. The fraction of sp³-hybridized carbons (Fsp3) is 0.250. The van der Waals surface area contributed by atoms with Crippen LogP contribution in [0.4, 0.5) is 5.82 Å². The molecule has 0 atom stereocenters. The van der Waals surface area contributed by atoms with Crippen LogP contribution in [0.2, 0.25) is 0 Å². The Balaban J connectivity index is 1.85. The maximum atomic E-state index is 12.7. The van der Waals surface area contributed by atoms with E-state index in [1.54, 1.807) is 57.3 Å². The summed E-state index contributed by atoms with van der Waals surface area (Å²) in [6, 6.07) is 11.0. The lowest BCUT2D eigenvalue weighted by molar-refractivity contribution is -0.123. The van der Waals surface area contributed by atoms with Crippen molar-refractivity contribution in [2.75, 3.05) is 19.5 Å². The number of benzene rings is 1. The number of nitrogens with zero attached hydrogens (tertiary/aromatic N) is 3. The van der Waals surface area contributed by atoms with Crippen LogP contribution in [0.5, 0.6) is 11.5 Å². The third kappa shape index (κ3) is 3.76. The van der Waals surface area contributed by atoms with Gasteiger partial charge in [-0.15, -0.1) is 0 Å². The lowest BCUT2D eigenvalue weighted by Gasteiger charge is -2.24. The molecule has 2 aromatic heterocycles. The molecular formula is C20H22N4O3. The molecule has 0 bridgehead atoms. The molecule has 0 saturated carbocycles. The molecule has 0 spiro atoms. The first-order valence-corrected chi connectivity index (χ1v) is 8.45. The van der Waals surface area contributed by atoms with Gasteiger partial charge in [0.25, 0.3) is 5.91 Å². The fourth-order valence-electron chi connectivity index (χ4n) is 2.60. The predicted molar refractivity (Wildman–Crippen MR) is 103 cm³/mol. The van der Waals surface area contributed by atoms with Crippen molar-refractivity contribution in [3.8, 4) is 22.6 Å². The molecular weight excluding hydrogens is 344 g/mol. The number of ether oxygens (including phenoxy) is 2. The number of aromatic nitrogens is 3. The molecule has 3 rings (SSSR count). The molecule has 140 valence electrons. The van der Waals surface area contributed by atoms with Gasteiger partial charge in [-0.3, -0.25) is 9.48 Å². The number of carbonyl (C=O) groups excluding carboxylic acids is 1. The van der Waals surface area contributed by atoms with E-state index in [1.807, 2.05) is 30.5 Å². The molecule has 1 aromatic carbocycles. The van der Waals surface area contributed by atoms with Crippen LogP contribution in [-0.2, 0) is 10.3 Å². The van der Waals surface area contributed by atoms with Crippen LogP contribution < -0.4 is 14.8 Å². The Kier molecular flexibility index (Phi) is 5.12. The molecule has 0 fully saturated rings. The van der Waals surface area contributed by atoms with Gasteiger partial charge in [0.1, 0.15) is 11.4 Å². The minimum atomic E-state index is -0.896. The molecule has 1 amide bonds. The van der Waals surface area contributed by atoms with E-state index in [9.17, 15) is 4.79 Å². The third-order valence-electron chi connectivity index (χ3n) is 4.33. The summed E-state index contributed by atoms with van der Waals surface area (Å²) >= 11 is 0. The molecule has 0 aliphatic heterocycles. The second kappa shape index (κ2) is 7.49. The highest BCUT2D eigenvalue weighted by molar-refractivity contribution is 5.95. The number of amides is 1. The maximum absolute atomic E-state index is 12.7. The van der Waals surface area contributed by atoms with Crippen LogP contribution in [-0.4, -0.2) is 34.9 Å². The van der Waals surface area contributed by atoms with E-state index in [2.05, 4.69) is 15.4 Å². The predicted octanol–water partition coefficient (Wildman–Crippen LogP) is 3.34. The number of rotatable bonds is 6. The number of hydrogen-bond acceptors (Lipinski definition) is 5. The highest BCUT2D eigenvalue weighted by Crippen LogP contribution is 2.32. The Morgan fingerprint density at radius 1 is 1.07 bits per heavy atom. The summed E-state index contributed by atoms with van der Waals surface area (Å²) in [6.07, 6.45) is 5.18. The van der Waals surface area contributed by atoms with E-state index in [0.29, 0.717) is 17.3 Å². The second-order valence-electron chi connectivity index (χ2n) is 6.47. The number of carbonyl (C=O) groups is 1. The van der Waals surface area contributed by atoms with Crippen LogP contribution in [0.3, 0.4) is 0 Å². The van der Waals surface area contributed by atoms with Gasteiger partial charge >= 0.3 is 0 Å². The lowest BCUT2D eigenvalue weighted by atomic mass is 10.0. The minimum absolute atomic E-state index is 0.205. The van der Waals surface area contributed by atoms with E-state index in [0.717, 1.165) is 11.1 Å². The van der Waals surface area contributed by atoms with Gasteiger partial charge < -0.3 is 14.8 Å². The molecule has 0 saturated heterocycles. The SMILES string of the molecule is COc1ccc(-c2cnn(C(C)(C)C(=O)Nc3ccccn3)c2)cc1OC. The van der Waals surface area contributed by atoms with E-state index < -0.39 is 5.54 Å². The first kappa shape index (κ1) is 18.4. The zero-order valence-electron chi connectivity index (χ0n) is 15.8. The average Bonchev–Trinajstić information content (AvgIpc) is 3.19. The molecule has 0 radical (unpaired) electrons. The molecule has 2 heterocycles. The Morgan fingerprint density at radius 3 is 2.52 bits per heavy atom. The van der Waals surface area contributed by atoms with Gasteiger partial charge in [0.05, 0.1) is 20.4 Å². The summed E-state index contributed by atoms with van der Waals surface area (Å²) < 4.78 is 12.3. The summed E-state index contributed by atoms with van der Waals surface area (Å²) in [5, 5.41) is 7.20. The number of anilines is 1. The number of pyridine rings is 1. The van der Waals surface area contributed by atoms with Gasteiger partial charge in [0.15, 0.2) is 11.5 Å². The normalized spacial score (nSPS) is 11.1. The van der Waals surface area contributed by atoms with Crippen molar-refractivity contribution >= 4 is 11.7 Å². The summed E-state index contributed by atoms with van der Waals surface area (Å²) in [6.45, 7) is 3.60. The van der Waals surface area contributed by atoms with E-state index in [1.165, 1.54) is 0 Å². The number of hydrogen-bond donors (Lipinski definition) is 1. The van der Waals surface area contributed by atoms with Crippen molar-refractivity contribution in [3.05, 3.63) is 55.0 Å². The zero-order valence-corrected chi connectivity index (χ0v) is 15.8. The molecule has 7 heteroatoms. The highest BCUT2D eigenvalue weighted by atomic mass is 16.5. The van der Waals surface area contributed by atoms with E-state index in [4.69, 9.17) is 9.47 Å². The van der Waals surface area contributed by atoms with Crippen molar-refractivity contribution in [2.24, 2.45) is 0 Å². The zero-order chi connectivity index (χ0) is 19.4. The van der Waals surface area contributed by atoms with Crippen LogP contribution in [0.15, 0.2) is 55.0 Å².